The highest BCUT2D eigenvalue weighted by Crippen LogP contribution is 2.26. The van der Waals surface area contributed by atoms with Gasteiger partial charge in [-0.25, -0.2) is 8.42 Å². The highest BCUT2D eigenvalue weighted by molar-refractivity contribution is 7.92. The zero-order valence-corrected chi connectivity index (χ0v) is 19.7. The van der Waals surface area contributed by atoms with Crippen LogP contribution in [0.1, 0.15) is 12.5 Å². The Morgan fingerprint density at radius 1 is 0.853 bits per heavy atom. The van der Waals surface area contributed by atoms with Gasteiger partial charge in [-0.2, -0.15) is 0 Å². The minimum absolute atomic E-state index is 0.116. The van der Waals surface area contributed by atoms with Crippen LogP contribution in [0, 0.1) is 0 Å². The van der Waals surface area contributed by atoms with Crippen LogP contribution in [0.4, 0.5) is 5.69 Å². The molecule has 1 amide bonds. The van der Waals surface area contributed by atoms with Gasteiger partial charge in [0.2, 0.25) is 5.91 Å². The summed E-state index contributed by atoms with van der Waals surface area (Å²) in [5, 5.41) is 5.00. The van der Waals surface area contributed by atoms with Gasteiger partial charge in [-0.1, -0.05) is 60.7 Å². The second-order valence-corrected chi connectivity index (χ2v) is 9.53. The lowest BCUT2D eigenvalue weighted by Gasteiger charge is -2.24. The lowest BCUT2D eigenvalue weighted by atomic mass is 10.0. The SMILES string of the molecule is CCOc1ccc(N(CC(=O)NCc2cccc3ccccc23)S(=O)(=O)c2ccccc2)cc1. The third-order valence-electron chi connectivity index (χ3n) is 5.41. The number of nitrogens with one attached hydrogen (secondary N) is 1. The van der Waals surface area contributed by atoms with Gasteiger partial charge in [0.25, 0.3) is 10.0 Å². The first kappa shape index (κ1) is 23.3. The van der Waals surface area contributed by atoms with E-state index in [0.717, 1.165) is 20.6 Å². The average molecular weight is 475 g/mol. The van der Waals surface area contributed by atoms with E-state index in [1.54, 1.807) is 42.5 Å². The molecule has 0 aliphatic heterocycles. The molecule has 6 nitrogen and oxygen atoms in total. The normalized spacial score (nSPS) is 11.2. The van der Waals surface area contributed by atoms with E-state index in [4.69, 9.17) is 4.74 Å². The first-order valence-corrected chi connectivity index (χ1v) is 12.5. The topological polar surface area (TPSA) is 75.7 Å². The van der Waals surface area contributed by atoms with Crippen LogP contribution in [0.15, 0.2) is 102 Å². The standard InChI is InChI=1S/C27H26N2O4S/c1-2-33-24-17-15-23(16-18-24)29(34(31,32)25-12-4-3-5-13-25)20-27(30)28-19-22-11-8-10-21-9-6-7-14-26(21)22/h3-18H,2,19-20H2,1H3,(H,28,30). The number of hydrogen-bond acceptors (Lipinski definition) is 4. The molecule has 0 atom stereocenters. The van der Waals surface area contributed by atoms with Crippen LogP contribution < -0.4 is 14.4 Å². The molecule has 0 fully saturated rings. The van der Waals surface area contributed by atoms with Crippen LogP contribution in [0.3, 0.4) is 0 Å². The first-order chi connectivity index (χ1) is 16.5. The minimum atomic E-state index is -3.96. The summed E-state index contributed by atoms with van der Waals surface area (Å²) in [6, 6.07) is 28.6. The van der Waals surface area contributed by atoms with Crippen LogP contribution in [0.25, 0.3) is 10.8 Å². The first-order valence-electron chi connectivity index (χ1n) is 11.0. The van der Waals surface area contributed by atoms with Crippen molar-refractivity contribution in [1.82, 2.24) is 5.32 Å². The summed E-state index contributed by atoms with van der Waals surface area (Å²) in [7, 11) is -3.96. The van der Waals surface area contributed by atoms with Crippen molar-refractivity contribution in [2.75, 3.05) is 17.5 Å². The molecule has 0 bridgehead atoms. The summed E-state index contributed by atoms with van der Waals surface area (Å²) >= 11 is 0. The summed E-state index contributed by atoms with van der Waals surface area (Å²) in [4.78, 5) is 13.1. The Kier molecular flexibility index (Phi) is 7.13. The molecule has 4 aromatic rings. The fraction of sp³-hybridized carbons (Fsp3) is 0.148. The Morgan fingerprint density at radius 3 is 2.26 bits per heavy atom. The third-order valence-corrected chi connectivity index (χ3v) is 7.20. The maximum Gasteiger partial charge on any atom is 0.264 e. The van der Waals surface area contributed by atoms with E-state index in [1.165, 1.54) is 12.1 Å². The average Bonchev–Trinajstić information content (AvgIpc) is 2.87. The molecule has 0 radical (unpaired) electrons. The predicted octanol–water partition coefficient (Wildman–Crippen LogP) is 4.75. The highest BCUT2D eigenvalue weighted by atomic mass is 32.2. The quantitative estimate of drug-likeness (QED) is 0.380. The van der Waals surface area contributed by atoms with Gasteiger partial charge in [-0.3, -0.25) is 9.10 Å². The molecule has 0 aliphatic carbocycles. The highest BCUT2D eigenvalue weighted by Gasteiger charge is 2.27. The molecular weight excluding hydrogens is 448 g/mol. The number of fused-ring (bicyclic) bond motifs is 1. The van der Waals surface area contributed by atoms with E-state index < -0.39 is 15.9 Å². The van der Waals surface area contributed by atoms with Gasteiger partial charge >= 0.3 is 0 Å². The van der Waals surface area contributed by atoms with Crippen LogP contribution in [-0.2, 0) is 21.4 Å². The Labute approximate surface area is 199 Å². The van der Waals surface area contributed by atoms with E-state index in [0.29, 0.717) is 24.6 Å². The number of anilines is 1. The monoisotopic (exact) mass is 474 g/mol. The Balaban J connectivity index is 1.58. The van der Waals surface area contributed by atoms with Gasteiger partial charge in [-0.05, 0) is 59.7 Å². The van der Waals surface area contributed by atoms with E-state index in [9.17, 15) is 13.2 Å². The predicted molar refractivity (Wildman–Crippen MR) is 134 cm³/mol. The van der Waals surface area contributed by atoms with Crippen molar-refractivity contribution in [1.29, 1.82) is 0 Å². The maximum absolute atomic E-state index is 13.4. The molecular formula is C27H26N2O4S. The van der Waals surface area contributed by atoms with Crippen molar-refractivity contribution in [3.05, 3.63) is 103 Å². The third kappa shape index (κ3) is 5.21. The van der Waals surface area contributed by atoms with Crippen molar-refractivity contribution in [3.63, 3.8) is 0 Å². The van der Waals surface area contributed by atoms with Crippen LogP contribution >= 0.6 is 0 Å². The maximum atomic E-state index is 13.4. The molecule has 0 heterocycles. The van der Waals surface area contributed by atoms with E-state index in [-0.39, 0.29) is 11.4 Å². The zero-order chi connectivity index (χ0) is 24.0. The molecule has 0 aromatic heterocycles. The molecule has 1 N–H and O–H groups in total. The Bertz CT molecular complexity index is 1370. The van der Waals surface area contributed by atoms with Crippen molar-refractivity contribution in [2.45, 2.75) is 18.4 Å². The van der Waals surface area contributed by atoms with Crippen molar-refractivity contribution < 1.29 is 17.9 Å². The van der Waals surface area contributed by atoms with E-state index >= 15 is 0 Å². The van der Waals surface area contributed by atoms with Gasteiger partial charge < -0.3 is 10.1 Å². The van der Waals surface area contributed by atoms with E-state index in [1.807, 2.05) is 49.4 Å². The summed E-state index contributed by atoms with van der Waals surface area (Å²) < 4.78 is 33.5. The second-order valence-electron chi connectivity index (χ2n) is 7.67. The number of carbonyl (C=O) groups excluding carboxylic acids is 1. The number of amides is 1. The van der Waals surface area contributed by atoms with Crippen molar-refractivity contribution in [3.8, 4) is 5.75 Å². The van der Waals surface area contributed by atoms with E-state index in [2.05, 4.69) is 5.32 Å². The summed E-state index contributed by atoms with van der Waals surface area (Å²) in [6.45, 7) is 2.32. The fourth-order valence-electron chi connectivity index (χ4n) is 3.74. The second kappa shape index (κ2) is 10.4. The molecule has 4 rings (SSSR count). The number of nitrogens with zero attached hydrogens (tertiary/aromatic N) is 1. The molecule has 0 unspecified atom stereocenters. The van der Waals surface area contributed by atoms with Gasteiger partial charge in [0, 0.05) is 6.54 Å². The number of rotatable bonds is 9. The lowest BCUT2D eigenvalue weighted by Crippen LogP contribution is -2.40. The zero-order valence-electron chi connectivity index (χ0n) is 18.8. The van der Waals surface area contributed by atoms with Gasteiger partial charge in [0.05, 0.1) is 17.2 Å². The number of benzene rings is 4. The minimum Gasteiger partial charge on any atom is -0.494 e. The van der Waals surface area contributed by atoms with Crippen LogP contribution in [-0.4, -0.2) is 27.5 Å². The fourth-order valence-corrected chi connectivity index (χ4v) is 5.18. The smallest absolute Gasteiger partial charge is 0.264 e. The molecule has 34 heavy (non-hydrogen) atoms. The number of ether oxygens (including phenoxy) is 1. The van der Waals surface area contributed by atoms with Crippen molar-refractivity contribution in [2.24, 2.45) is 0 Å². The van der Waals surface area contributed by atoms with Crippen LogP contribution in [0.5, 0.6) is 5.75 Å². The summed E-state index contributed by atoms with van der Waals surface area (Å²) in [5.41, 5.74) is 1.35. The summed E-state index contributed by atoms with van der Waals surface area (Å²) in [6.07, 6.45) is 0. The molecule has 7 heteroatoms. The molecule has 4 aromatic carbocycles. The van der Waals surface area contributed by atoms with Crippen molar-refractivity contribution >= 4 is 32.4 Å². The van der Waals surface area contributed by atoms with Gasteiger partial charge in [0.1, 0.15) is 12.3 Å². The van der Waals surface area contributed by atoms with Crippen LogP contribution in [0.2, 0.25) is 0 Å². The number of sulfonamides is 1. The largest absolute Gasteiger partial charge is 0.494 e. The molecule has 0 aliphatic rings. The number of hydrogen-bond donors (Lipinski definition) is 1. The Hall–Kier alpha value is -3.84. The molecule has 174 valence electrons. The molecule has 0 spiro atoms. The summed E-state index contributed by atoms with van der Waals surface area (Å²) in [5.74, 6) is 0.227. The molecule has 0 saturated heterocycles. The van der Waals surface area contributed by atoms with Gasteiger partial charge in [-0.15, -0.1) is 0 Å². The number of carbonyl (C=O) groups is 1. The van der Waals surface area contributed by atoms with Gasteiger partial charge in [0.15, 0.2) is 0 Å². The lowest BCUT2D eigenvalue weighted by molar-refractivity contribution is -0.119. The Morgan fingerprint density at radius 2 is 1.53 bits per heavy atom. The molecule has 0 saturated carbocycles.